The SMILES string of the molecule is Cc1ccc(C(=O)N2CCO[C@H]3CC[C@H]2[C@H]3OCC2CC2)s1. The molecule has 1 amide bonds. The van der Waals surface area contributed by atoms with Gasteiger partial charge in [0.2, 0.25) is 0 Å². The van der Waals surface area contributed by atoms with Crippen molar-refractivity contribution in [2.75, 3.05) is 19.8 Å². The van der Waals surface area contributed by atoms with Gasteiger partial charge in [0.25, 0.3) is 5.91 Å². The number of aryl methyl sites for hydroxylation is 1. The molecule has 0 unspecified atom stereocenters. The Hall–Kier alpha value is -0.910. The number of carbonyl (C=O) groups excluding carboxylic acids is 1. The van der Waals surface area contributed by atoms with Gasteiger partial charge in [-0.1, -0.05) is 0 Å². The number of rotatable bonds is 4. The molecule has 120 valence electrons. The summed E-state index contributed by atoms with van der Waals surface area (Å²) in [4.78, 5) is 16.9. The van der Waals surface area contributed by atoms with Crippen LogP contribution in [0.2, 0.25) is 0 Å². The van der Waals surface area contributed by atoms with Crippen LogP contribution in [0, 0.1) is 12.8 Å². The molecular formula is C17H23NO3S. The van der Waals surface area contributed by atoms with Gasteiger partial charge in [-0.2, -0.15) is 0 Å². The normalized spacial score (nSPS) is 31.3. The Morgan fingerprint density at radius 2 is 2.23 bits per heavy atom. The first kappa shape index (κ1) is 14.7. The van der Waals surface area contributed by atoms with Gasteiger partial charge >= 0.3 is 0 Å². The van der Waals surface area contributed by atoms with Gasteiger partial charge in [-0.15, -0.1) is 11.3 Å². The predicted molar refractivity (Wildman–Crippen MR) is 85.3 cm³/mol. The van der Waals surface area contributed by atoms with E-state index in [1.807, 2.05) is 24.0 Å². The maximum absolute atomic E-state index is 12.9. The number of hydrogen-bond donors (Lipinski definition) is 0. The van der Waals surface area contributed by atoms with Crippen molar-refractivity contribution in [2.24, 2.45) is 5.92 Å². The number of ether oxygens (including phenoxy) is 2. The van der Waals surface area contributed by atoms with Crippen LogP contribution in [0.15, 0.2) is 12.1 Å². The van der Waals surface area contributed by atoms with Crippen molar-refractivity contribution >= 4 is 17.2 Å². The largest absolute Gasteiger partial charge is 0.374 e. The third kappa shape index (κ3) is 2.82. The molecule has 0 spiro atoms. The van der Waals surface area contributed by atoms with E-state index in [0.29, 0.717) is 13.2 Å². The molecule has 3 fully saturated rings. The second kappa shape index (κ2) is 5.95. The molecule has 3 atom stereocenters. The fourth-order valence-electron chi connectivity index (χ4n) is 3.58. The second-order valence-electron chi connectivity index (χ2n) is 6.70. The Labute approximate surface area is 135 Å². The van der Waals surface area contributed by atoms with Crippen molar-refractivity contribution < 1.29 is 14.3 Å². The average molecular weight is 321 g/mol. The molecule has 2 saturated carbocycles. The van der Waals surface area contributed by atoms with Gasteiger partial charge < -0.3 is 14.4 Å². The van der Waals surface area contributed by atoms with Crippen molar-refractivity contribution in [3.63, 3.8) is 0 Å². The molecule has 2 bridgehead atoms. The number of fused-ring (bicyclic) bond motifs is 2. The molecule has 4 nitrogen and oxygen atoms in total. The van der Waals surface area contributed by atoms with Gasteiger partial charge in [-0.25, -0.2) is 0 Å². The van der Waals surface area contributed by atoms with Crippen molar-refractivity contribution in [3.05, 3.63) is 21.9 Å². The van der Waals surface area contributed by atoms with Crippen molar-refractivity contribution in [1.82, 2.24) is 4.90 Å². The summed E-state index contributed by atoms with van der Waals surface area (Å²) in [5.41, 5.74) is 0. The highest BCUT2D eigenvalue weighted by molar-refractivity contribution is 7.13. The van der Waals surface area contributed by atoms with Crippen molar-refractivity contribution in [2.45, 2.75) is 50.9 Å². The van der Waals surface area contributed by atoms with Crippen LogP contribution >= 0.6 is 11.3 Å². The highest BCUT2D eigenvalue weighted by Gasteiger charge is 2.45. The minimum atomic E-state index is 0.0631. The fourth-order valence-corrected chi connectivity index (χ4v) is 4.41. The molecule has 1 saturated heterocycles. The molecule has 0 aromatic carbocycles. The zero-order chi connectivity index (χ0) is 15.1. The van der Waals surface area contributed by atoms with Crippen LogP contribution in [0.5, 0.6) is 0 Å². The maximum atomic E-state index is 12.9. The minimum absolute atomic E-state index is 0.0631. The lowest BCUT2D eigenvalue weighted by molar-refractivity contribution is -0.0556. The van der Waals surface area contributed by atoms with E-state index in [0.717, 1.165) is 30.2 Å². The molecule has 0 radical (unpaired) electrons. The molecule has 1 aliphatic heterocycles. The van der Waals surface area contributed by atoms with Gasteiger partial charge in [0.1, 0.15) is 6.10 Å². The van der Waals surface area contributed by atoms with Crippen LogP contribution < -0.4 is 0 Å². The highest BCUT2D eigenvalue weighted by Crippen LogP contribution is 2.36. The highest BCUT2D eigenvalue weighted by atomic mass is 32.1. The monoisotopic (exact) mass is 321 g/mol. The fraction of sp³-hybridized carbons (Fsp3) is 0.706. The van der Waals surface area contributed by atoms with Crippen LogP contribution in [0.3, 0.4) is 0 Å². The van der Waals surface area contributed by atoms with E-state index >= 15 is 0 Å². The topological polar surface area (TPSA) is 38.8 Å². The molecule has 1 aromatic rings. The molecule has 22 heavy (non-hydrogen) atoms. The van der Waals surface area contributed by atoms with Crippen LogP contribution in [-0.4, -0.2) is 48.8 Å². The Bertz CT molecular complexity index is 554. The predicted octanol–water partition coefficient (Wildman–Crippen LogP) is 2.86. The van der Waals surface area contributed by atoms with Gasteiger partial charge in [-0.05, 0) is 50.7 Å². The first-order valence-electron chi connectivity index (χ1n) is 8.33. The lowest BCUT2D eigenvalue weighted by Gasteiger charge is -2.31. The van der Waals surface area contributed by atoms with E-state index in [4.69, 9.17) is 9.47 Å². The van der Waals surface area contributed by atoms with Crippen molar-refractivity contribution in [3.8, 4) is 0 Å². The second-order valence-corrected chi connectivity index (χ2v) is 7.99. The molecule has 4 rings (SSSR count). The lowest BCUT2D eigenvalue weighted by Crippen LogP contribution is -2.46. The van der Waals surface area contributed by atoms with Crippen LogP contribution in [-0.2, 0) is 9.47 Å². The van der Waals surface area contributed by atoms with E-state index in [-0.39, 0.29) is 24.2 Å². The van der Waals surface area contributed by atoms with E-state index in [1.165, 1.54) is 17.7 Å². The van der Waals surface area contributed by atoms with Crippen LogP contribution in [0.25, 0.3) is 0 Å². The molecule has 5 heteroatoms. The summed E-state index contributed by atoms with van der Waals surface area (Å²) in [5, 5.41) is 0. The number of nitrogens with zero attached hydrogens (tertiary/aromatic N) is 1. The number of carbonyl (C=O) groups is 1. The zero-order valence-electron chi connectivity index (χ0n) is 13.0. The van der Waals surface area contributed by atoms with Gasteiger partial charge in [0, 0.05) is 18.0 Å². The minimum Gasteiger partial charge on any atom is -0.374 e. The quantitative estimate of drug-likeness (QED) is 0.856. The maximum Gasteiger partial charge on any atom is 0.264 e. The van der Waals surface area contributed by atoms with Crippen LogP contribution in [0.4, 0.5) is 0 Å². The van der Waals surface area contributed by atoms with Crippen molar-refractivity contribution in [1.29, 1.82) is 0 Å². The van der Waals surface area contributed by atoms with E-state index in [9.17, 15) is 4.79 Å². The van der Waals surface area contributed by atoms with Gasteiger partial charge in [0.05, 0.1) is 23.6 Å². The van der Waals surface area contributed by atoms with E-state index in [1.54, 1.807) is 11.3 Å². The summed E-state index contributed by atoms with van der Waals surface area (Å²) in [6, 6.07) is 4.15. The molecule has 3 aliphatic rings. The first-order valence-corrected chi connectivity index (χ1v) is 9.14. The number of amides is 1. The van der Waals surface area contributed by atoms with E-state index in [2.05, 4.69) is 0 Å². The lowest BCUT2D eigenvalue weighted by atomic mass is 10.1. The summed E-state index contributed by atoms with van der Waals surface area (Å²) in [5.74, 6) is 0.890. The number of thiophene rings is 1. The molecular weight excluding hydrogens is 298 g/mol. The standard InChI is InChI=1S/C17H23NO3S/c1-11-2-7-15(22-11)17(19)18-8-9-20-14-6-5-13(18)16(14)21-10-12-3-4-12/h2,7,12-14,16H,3-6,8-10H2,1H3/t13-,14-,16+/m0/s1. The smallest absolute Gasteiger partial charge is 0.264 e. The molecule has 0 N–H and O–H groups in total. The Kier molecular flexibility index (Phi) is 3.96. The first-order chi connectivity index (χ1) is 10.7. The Morgan fingerprint density at radius 1 is 1.36 bits per heavy atom. The van der Waals surface area contributed by atoms with Gasteiger partial charge in [0.15, 0.2) is 0 Å². The summed E-state index contributed by atoms with van der Waals surface area (Å²) in [6.45, 7) is 4.18. The molecule has 2 heterocycles. The third-order valence-electron chi connectivity index (χ3n) is 4.99. The Morgan fingerprint density at radius 3 is 2.95 bits per heavy atom. The van der Waals surface area contributed by atoms with Crippen LogP contribution in [0.1, 0.15) is 40.2 Å². The zero-order valence-corrected chi connectivity index (χ0v) is 13.8. The summed E-state index contributed by atoms with van der Waals surface area (Å²) in [6.07, 6.45) is 4.82. The molecule has 2 aliphatic carbocycles. The molecule has 1 aromatic heterocycles. The van der Waals surface area contributed by atoms with Gasteiger partial charge in [-0.3, -0.25) is 4.79 Å². The summed E-state index contributed by atoms with van der Waals surface area (Å²) in [7, 11) is 0. The summed E-state index contributed by atoms with van der Waals surface area (Å²) < 4.78 is 12.1. The number of hydrogen-bond acceptors (Lipinski definition) is 4. The Balaban J connectivity index is 1.51. The average Bonchev–Trinajstić information content (AvgIpc) is 3.13. The summed E-state index contributed by atoms with van der Waals surface area (Å²) >= 11 is 1.58. The third-order valence-corrected chi connectivity index (χ3v) is 5.98. The van der Waals surface area contributed by atoms with E-state index < -0.39 is 0 Å².